The van der Waals surface area contributed by atoms with Gasteiger partial charge >= 0.3 is 0 Å². The van der Waals surface area contributed by atoms with Crippen molar-refractivity contribution in [1.82, 2.24) is 0 Å². The number of hydrogen-bond acceptors (Lipinski definition) is 5. The van der Waals surface area contributed by atoms with Gasteiger partial charge in [-0.3, -0.25) is 9.59 Å². The molecule has 3 aromatic carbocycles. The number of carbonyl (C=O) groups excluding carboxylic acids is 2. The number of amides is 2. The summed E-state index contributed by atoms with van der Waals surface area (Å²) in [4.78, 5) is 24.8. The minimum Gasteiger partial charge on any atom is -0.399 e. The van der Waals surface area contributed by atoms with Gasteiger partial charge < -0.3 is 26.0 Å². The second-order valence-electron chi connectivity index (χ2n) is 9.61. The fraction of sp³-hybridized carbons (Fsp3) is 0.333. The van der Waals surface area contributed by atoms with Crippen LogP contribution in [0, 0.1) is 5.92 Å². The minimum atomic E-state index is -0.0790. The lowest BCUT2D eigenvalue weighted by molar-refractivity contribution is -0.116. The van der Waals surface area contributed by atoms with Crippen molar-refractivity contribution in [3.63, 3.8) is 0 Å². The van der Waals surface area contributed by atoms with Crippen LogP contribution in [-0.4, -0.2) is 38.1 Å². The molecule has 1 fully saturated rings. The topological polar surface area (TPSA) is 96.7 Å². The Labute approximate surface area is 219 Å². The molecule has 1 atom stereocenters. The monoisotopic (exact) mass is 500 g/mol. The maximum Gasteiger partial charge on any atom is 0.223 e. The van der Waals surface area contributed by atoms with E-state index in [2.05, 4.69) is 16.7 Å². The first-order valence-electron chi connectivity index (χ1n) is 12.9. The van der Waals surface area contributed by atoms with Crippen LogP contribution in [0.4, 0.5) is 22.7 Å². The summed E-state index contributed by atoms with van der Waals surface area (Å²) in [5, 5.41) is 6.19. The van der Waals surface area contributed by atoms with Crippen molar-refractivity contribution in [3.05, 3.63) is 72.3 Å². The zero-order valence-corrected chi connectivity index (χ0v) is 21.6. The van der Waals surface area contributed by atoms with Crippen molar-refractivity contribution in [2.75, 3.05) is 47.6 Å². The molecule has 1 unspecified atom stereocenters. The molecule has 0 aromatic heterocycles. The van der Waals surface area contributed by atoms with E-state index in [0.717, 1.165) is 73.0 Å². The lowest BCUT2D eigenvalue weighted by atomic mass is 9.96. The molecule has 2 aliphatic rings. The number of rotatable bonds is 5. The van der Waals surface area contributed by atoms with Crippen molar-refractivity contribution in [3.8, 4) is 11.1 Å². The number of carbonyl (C=O) groups is 2. The molecule has 7 heteroatoms. The average molecular weight is 501 g/mol. The molecule has 7 nitrogen and oxygen atoms in total. The van der Waals surface area contributed by atoms with Gasteiger partial charge in [0.2, 0.25) is 11.8 Å². The highest BCUT2D eigenvalue weighted by Gasteiger charge is 2.20. The quantitative estimate of drug-likeness (QED) is 0.412. The van der Waals surface area contributed by atoms with Gasteiger partial charge in [0.1, 0.15) is 0 Å². The van der Waals surface area contributed by atoms with Gasteiger partial charge in [0, 0.05) is 62.2 Å². The smallest absolute Gasteiger partial charge is 0.223 e. The van der Waals surface area contributed by atoms with Gasteiger partial charge in [-0.15, -0.1) is 0 Å². The van der Waals surface area contributed by atoms with Crippen LogP contribution in [-0.2, 0) is 20.7 Å². The number of aryl methyl sites for hydroxylation is 1. The summed E-state index contributed by atoms with van der Waals surface area (Å²) in [5.74, 6) is 0.670. The third-order valence-corrected chi connectivity index (χ3v) is 6.62. The van der Waals surface area contributed by atoms with Gasteiger partial charge in [-0.25, -0.2) is 0 Å². The van der Waals surface area contributed by atoms with Gasteiger partial charge in [-0.2, -0.15) is 0 Å². The Hall–Kier alpha value is -3.84. The van der Waals surface area contributed by atoms with E-state index < -0.39 is 0 Å². The maximum absolute atomic E-state index is 11.7. The number of benzene rings is 3. The molecule has 0 spiro atoms. The molecule has 1 saturated heterocycles. The van der Waals surface area contributed by atoms with Crippen LogP contribution < -0.4 is 21.3 Å². The standard InChI is InChI=1S/C19H20N2O2.C11H16N2O/c1-13(22)20-18-7-3-5-15(12-18)16-8-9-19-17(11-16)6-4-10-21(19)14(2)23;12-10-1-3-11(4-2-10)13-7-9-5-6-14-8-9/h3,5,7-9,11-12H,4,6,10H2,1-2H3,(H,20,22);1-4,9,13H,5-8,12H2. The van der Waals surface area contributed by atoms with Gasteiger partial charge in [0.15, 0.2) is 0 Å². The zero-order valence-electron chi connectivity index (χ0n) is 21.6. The van der Waals surface area contributed by atoms with Crippen LogP contribution in [0.5, 0.6) is 0 Å². The number of fused-ring (bicyclic) bond motifs is 1. The summed E-state index contributed by atoms with van der Waals surface area (Å²) in [6, 6.07) is 21.8. The van der Waals surface area contributed by atoms with Crippen LogP contribution in [0.25, 0.3) is 11.1 Å². The largest absolute Gasteiger partial charge is 0.399 e. The predicted octanol–water partition coefficient (Wildman–Crippen LogP) is 5.33. The van der Waals surface area contributed by atoms with Gasteiger partial charge in [0.05, 0.1) is 6.61 Å². The highest BCUT2D eigenvalue weighted by molar-refractivity contribution is 5.93. The summed E-state index contributed by atoms with van der Waals surface area (Å²) in [6.45, 7) is 6.70. The maximum atomic E-state index is 11.7. The Kier molecular flexibility index (Phi) is 8.80. The van der Waals surface area contributed by atoms with E-state index in [-0.39, 0.29) is 11.8 Å². The SMILES string of the molecule is CC(=O)Nc1cccc(-c2ccc3c(c2)CCCN3C(C)=O)c1.Nc1ccc(NCC2CCOC2)cc1. The highest BCUT2D eigenvalue weighted by atomic mass is 16.5. The normalized spacial score (nSPS) is 16.3. The second-order valence-corrected chi connectivity index (χ2v) is 9.61. The summed E-state index contributed by atoms with van der Waals surface area (Å²) >= 11 is 0. The number of anilines is 4. The van der Waals surface area contributed by atoms with Crippen molar-refractivity contribution in [1.29, 1.82) is 0 Å². The van der Waals surface area contributed by atoms with Crippen LogP contribution in [0.3, 0.4) is 0 Å². The Morgan fingerprint density at radius 1 is 1.00 bits per heavy atom. The van der Waals surface area contributed by atoms with Crippen LogP contribution in [0.2, 0.25) is 0 Å². The number of nitrogen functional groups attached to an aromatic ring is 1. The van der Waals surface area contributed by atoms with E-state index in [9.17, 15) is 9.59 Å². The fourth-order valence-electron chi connectivity index (χ4n) is 4.69. The zero-order chi connectivity index (χ0) is 26.2. The van der Waals surface area contributed by atoms with Gasteiger partial charge in [-0.05, 0) is 84.5 Å². The molecule has 5 rings (SSSR count). The summed E-state index contributed by atoms with van der Waals surface area (Å²) in [6.07, 6.45) is 3.14. The Bertz CT molecular complexity index is 1220. The van der Waals surface area contributed by atoms with Crippen LogP contribution >= 0.6 is 0 Å². The van der Waals surface area contributed by atoms with E-state index in [1.807, 2.05) is 65.6 Å². The van der Waals surface area contributed by atoms with Crippen molar-refractivity contribution < 1.29 is 14.3 Å². The van der Waals surface area contributed by atoms with Gasteiger partial charge in [-0.1, -0.05) is 18.2 Å². The lowest BCUT2D eigenvalue weighted by Gasteiger charge is -2.29. The highest BCUT2D eigenvalue weighted by Crippen LogP contribution is 2.32. The molecule has 3 aromatic rings. The Balaban J connectivity index is 0.000000195. The summed E-state index contributed by atoms with van der Waals surface area (Å²) in [5.41, 5.74) is 12.7. The van der Waals surface area contributed by atoms with E-state index >= 15 is 0 Å². The lowest BCUT2D eigenvalue weighted by Crippen LogP contribution is -2.33. The molecular formula is C30H36N4O3. The fourth-order valence-corrected chi connectivity index (χ4v) is 4.69. The Morgan fingerprint density at radius 3 is 2.49 bits per heavy atom. The Morgan fingerprint density at radius 2 is 1.78 bits per heavy atom. The van der Waals surface area contributed by atoms with E-state index in [4.69, 9.17) is 10.5 Å². The molecule has 2 aliphatic heterocycles. The van der Waals surface area contributed by atoms with E-state index in [1.54, 1.807) is 6.92 Å². The van der Waals surface area contributed by atoms with E-state index in [0.29, 0.717) is 5.92 Å². The molecule has 0 saturated carbocycles. The van der Waals surface area contributed by atoms with E-state index in [1.165, 1.54) is 18.9 Å². The first-order chi connectivity index (χ1) is 17.9. The number of nitrogens with one attached hydrogen (secondary N) is 2. The second kappa shape index (κ2) is 12.4. The van der Waals surface area contributed by atoms with Crippen LogP contribution in [0.15, 0.2) is 66.7 Å². The summed E-state index contributed by atoms with van der Waals surface area (Å²) < 4.78 is 5.30. The van der Waals surface area contributed by atoms with Crippen molar-refractivity contribution in [2.45, 2.75) is 33.1 Å². The number of hydrogen-bond donors (Lipinski definition) is 3. The molecule has 0 bridgehead atoms. The predicted molar refractivity (Wildman–Crippen MR) is 151 cm³/mol. The molecular weight excluding hydrogens is 464 g/mol. The average Bonchev–Trinajstić information content (AvgIpc) is 3.42. The first-order valence-corrected chi connectivity index (χ1v) is 12.9. The molecule has 2 amide bonds. The molecule has 194 valence electrons. The van der Waals surface area contributed by atoms with Gasteiger partial charge in [0.25, 0.3) is 0 Å². The minimum absolute atomic E-state index is 0.0790. The number of nitrogens with zero attached hydrogens (tertiary/aromatic N) is 1. The molecule has 4 N–H and O–H groups in total. The molecule has 2 heterocycles. The summed E-state index contributed by atoms with van der Waals surface area (Å²) in [7, 11) is 0. The third-order valence-electron chi connectivity index (χ3n) is 6.62. The van der Waals surface area contributed by atoms with Crippen molar-refractivity contribution in [2.24, 2.45) is 5.92 Å². The third kappa shape index (κ3) is 7.33. The first kappa shape index (κ1) is 26.2. The number of nitrogens with two attached hydrogens (primary N) is 1. The molecule has 0 radical (unpaired) electrons. The molecule has 37 heavy (non-hydrogen) atoms. The van der Waals surface area contributed by atoms with Crippen LogP contribution in [0.1, 0.15) is 32.3 Å². The van der Waals surface area contributed by atoms with Crippen molar-refractivity contribution >= 4 is 34.6 Å². The molecule has 0 aliphatic carbocycles. The number of ether oxygens (including phenoxy) is 1.